The molecule has 1 unspecified atom stereocenters. The van der Waals surface area contributed by atoms with Gasteiger partial charge in [0.25, 0.3) is 0 Å². The van der Waals surface area contributed by atoms with Gasteiger partial charge in [0, 0.05) is 11.2 Å². The molecular formula is C11H17NO3S. The van der Waals surface area contributed by atoms with Gasteiger partial charge in [-0.1, -0.05) is 39.5 Å². The maximum atomic E-state index is 11.6. The van der Waals surface area contributed by atoms with Crippen molar-refractivity contribution in [2.45, 2.75) is 27.7 Å². The van der Waals surface area contributed by atoms with Crippen molar-refractivity contribution in [3.63, 3.8) is 0 Å². The van der Waals surface area contributed by atoms with E-state index in [9.17, 15) is 9.59 Å². The highest BCUT2D eigenvalue weighted by molar-refractivity contribution is 8.13. The molecular weight excluding hydrogens is 226 g/mol. The first-order valence-electron chi connectivity index (χ1n) is 5.00. The van der Waals surface area contributed by atoms with E-state index in [0.29, 0.717) is 5.75 Å². The molecule has 0 saturated carbocycles. The monoisotopic (exact) mass is 243 g/mol. The Morgan fingerprint density at radius 3 is 2.44 bits per heavy atom. The van der Waals surface area contributed by atoms with Crippen molar-refractivity contribution < 1.29 is 14.3 Å². The van der Waals surface area contributed by atoms with Crippen molar-refractivity contribution in [1.82, 2.24) is 0 Å². The third-order valence-corrected chi connectivity index (χ3v) is 3.30. The minimum atomic E-state index is -0.434. The summed E-state index contributed by atoms with van der Waals surface area (Å²) in [5.41, 5.74) is -0.402. The Bertz CT molecular complexity index is 301. The van der Waals surface area contributed by atoms with Crippen LogP contribution in [0.3, 0.4) is 0 Å². The molecule has 0 heterocycles. The van der Waals surface area contributed by atoms with Crippen LogP contribution in [0.5, 0.6) is 0 Å². The predicted molar refractivity (Wildman–Crippen MR) is 62.7 cm³/mol. The van der Waals surface area contributed by atoms with E-state index in [1.54, 1.807) is 13.0 Å². The average Bonchev–Trinajstić information content (AvgIpc) is 2.20. The number of carbonyl (C=O) groups excluding carboxylic acids is 2. The summed E-state index contributed by atoms with van der Waals surface area (Å²) in [5.74, 6) is -0.416. The van der Waals surface area contributed by atoms with Crippen LogP contribution in [0.15, 0.2) is 0 Å². The molecule has 0 fully saturated rings. The normalized spacial score (nSPS) is 12.7. The van der Waals surface area contributed by atoms with Crippen molar-refractivity contribution in [2.24, 2.45) is 11.3 Å². The Labute approximate surface area is 100 Å². The van der Waals surface area contributed by atoms with E-state index >= 15 is 0 Å². The fourth-order valence-corrected chi connectivity index (χ4v) is 1.70. The quantitative estimate of drug-likeness (QED) is 0.706. The molecule has 0 bridgehead atoms. The molecule has 0 N–H and O–H groups in total. The van der Waals surface area contributed by atoms with Gasteiger partial charge in [0.05, 0.1) is 5.92 Å². The average molecular weight is 243 g/mol. The molecule has 0 aliphatic carbocycles. The molecule has 0 aromatic rings. The lowest BCUT2D eigenvalue weighted by molar-refractivity contribution is -0.145. The molecule has 0 rings (SSSR count). The second-order valence-electron chi connectivity index (χ2n) is 4.52. The highest BCUT2D eigenvalue weighted by Gasteiger charge is 2.24. The van der Waals surface area contributed by atoms with Crippen LogP contribution in [0, 0.1) is 22.7 Å². The van der Waals surface area contributed by atoms with Gasteiger partial charge in [-0.25, -0.2) is 0 Å². The van der Waals surface area contributed by atoms with Gasteiger partial charge in [0.2, 0.25) is 0 Å². The molecule has 0 aliphatic heterocycles. The van der Waals surface area contributed by atoms with Gasteiger partial charge in [-0.05, 0) is 0 Å². The first kappa shape index (κ1) is 15.0. The van der Waals surface area contributed by atoms with Crippen molar-refractivity contribution in [3.05, 3.63) is 0 Å². The summed E-state index contributed by atoms with van der Waals surface area (Å²) in [6.45, 7) is 6.95. The minimum absolute atomic E-state index is 0.0485. The van der Waals surface area contributed by atoms with E-state index in [2.05, 4.69) is 4.74 Å². The first-order chi connectivity index (χ1) is 7.29. The Morgan fingerprint density at radius 1 is 1.44 bits per heavy atom. The van der Waals surface area contributed by atoms with Crippen LogP contribution in [-0.2, 0) is 14.3 Å². The zero-order chi connectivity index (χ0) is 12.8. The summed E-state index contributed by atoms with van der Waals surface area (Å²) in [4.78, 5) is 22.8. The van der Waals surface area contributed by atoms with Crippen molar-refractivity contribution in [2.75, 3.05) is 12.4 Å². The van der Waals surface area contributed by atoms with Gasteiger partial charge in [0.15, 0.2) is 11.7 Å². The Hall–Kier alpha value is -1.02. The molecule has 0 saturated heterocycles. The number of hydrogen-bond donors (Lipinski definition) is 0. The first-order valence-corrected chi connectivity index (χ1v) is 5.98. The fourth-order valence-electron chi connectivity index (χ4n) is 0.731. The van der Waals surface area contributed by atoms with Crippen molar-refractivity contribution >= 4 is 22.8 Å². The summed E-state index contributed by atoms with van der Waals surface area (Å²) in [7, 11) is 0. The number of hydrogen-bond acceptors (Lipinski definition) is 5. The maximum Gasteiger partial charge on any atom is 0.310 e. The zero-order valence-corrected chi connectivity index (χ0v) is 10.9. The number of nitrogens with zero attached hydrogens (tertiary/aromatic N) is 1. The summed E-state index contributed by atoms with van der Waals surface area (Å²) in [5, 5.41) is 8.28. The van der Waals surface area contributed by atoms with E-state index in [0.717, 1.165) is 11.8 Å². The Balaban J connectivity index is 3.99. The Morgan fingerprint density at radius 2 is 2.00 bits per heavy atom. The molecule has 16 heavy (non-hydrogen) atoms. The molecule has 0 aromatic heterocycles. The lowest BCUT2D eigenvalue weighted by Gasteiger charge is -2.16. The summed E-state index contributed by atoms with van der Waals surface area (Å²) in [6, 6.07) is 1.73. The van der Waals surface area contributed by atoms with E-state index < -0.39 is 11.4 Å². The topological polar surface area (TPSA) is 67.2 Å². The number of nitriles is 1. The van der Waals surface area contributed by atoms with Crippen LogP contribution in [-0.4, -0.2) is 23.4 Å². The van der Waals surface area contributed by atoms with Crippen LogP contribution in [0.4, 0.5) is 0 Å². The summed E-state index contributed by atoms with van der Waals surface area (Å²) < 4.78 is 4.65. The van der Waals surface area contributed by atoms with Gasteiger partial charge in [-0.15, -0.1) is 0 Å². The van der Waals surface area contributed by atoms with E-state index in [-0.39, 0.29) is 17.6 Å². The molecule has 1 atom stereocenters. The molecule has 0 radical (unpaired) electrons. The maximum absolute atomic E-state index is 11.6. The van der Waals surface area contributed by atoms with Gasteiger partial charge < -0.3 is 4.74 Å². The molecule has 5 heteroatoms. The third-order valence-electron chi connectivity index (χ3n) is 1.76. The number of carbonyl (C=O) groups is 2. The lowest BCUT2D eigenvalue weighted by atomic mass is 10.00. The third kappa shape index (κ3) is 5.76. The second kappa shape index (κ2) is 6.54. The number of esters is 1. The SMILES string of the molecule is CC(CSC(=O)C(C)(C)C)C(=O)OCC#N. The van der Waals surface area contributed by atoms with Crippen LogP contribution >= 0.6 is 11.8 Å². The summed E-state index contributed by atoms with van der Waals surface area (Å²) >= 11 is 1.13. The second-order valence-corrected chi connectivity index (χ2v) is 5.51. The Kier molecular flexibility index (Phi) is 6.12. The highest BCUT2D eigenvalue weighted by Crippen LogP contribution is 2.24. The number of rotatable bonds is 4. The van der Waals surface area contributed by atoms with Crippen LogP contribution in [0.2, 0.25) is 0 Å². The predicted octanol–water partition coefficient (Wildman–Crippen LogP) is 2.00. The van der Waals surface area contributed by atoms with Crippen LogP contribution < -0.4 is 0 Å². The molecule has 0 spiro atoms. The van der Waals surface area contributed by atoms with Crippen molar-refractivity contribution in [1.29, 1.82) is 5.26 Å². The molecule has 0 amide bonds. The van der Waals surface area contributed by atoms with E-state index in [1.165, 1.54) is 0 Å². The molecule has 0 aliphatic rings. The molecule has 90 valence electrons. The largest absolute Gasteiger partial charge is 0.450 e. The standard InChI is InChI=1S/C11H17NO3S/c1-8(9(13)15-6-5-12)7-16-10(14)11(2,3)4/h8H,6-7H2,1-4H3. The van der Waals surface area contributed by atoms with Crippen molar-refractivity contribution in [3.8, 4) is 6.07 Å². The van der Waals surface area contributed by atoms with Crippen LogP contribution in [0.1, 0.15) is 27.7 Å². The lowest BCUT2D eigenvalue weighted by Crippen LogP contribution is -2.21. The van der Waals surface area contributed by atoms with E-state index in [1.807, 2.05) is 20.8 Å². The van der Waals surface area contributed by atoms with Gasteiger partial charge >= 0.3 is 5.97 Å². The smallest absolute Gasteiger partial charge is 0.310 e. The highest BCUT2D eigenvalue weighted by atomic mass is 32.2. The van der Waals surface area contributed by atoms with Crippen LogP contribution in [0.25, 0.3) is 0 Å². The summed E-state index contributed by atoms with van der Waals surface area (Å²) in [6.07, 6.45) is 0. The van der Waals surface area contributed by atoms with Gasteiger partial charge in [-0.3, -0.25) is 9.59 Å². The van der Waals surface area contributed by atoms with E-state index in [4.69, 9.17) is 5.26 Å². The molecule has 4 nitrogen and oxygen atoms in total. The number of thioether (sulfide) groups is 1. The zero-order valence-electron chi connectivity index (χ0n) is 10.1. The number of ether oxygens (including phenoxy) is 1. The molecule has 0 aromatic carbocycles. The van der Waals surface area contributed by atoms with Gasteiger partial charge in [-0.2, -0.15) is 5.26 Å². The minimum Gasteiger partial charge on any atom is -0.450 e. The van der Waals surface area contributed by atoms with Gasteiger partial charge in [0.1, 0.15) is 6.07 Å². The fraction of sp³-hybridized carbons (Fsp3) is 0.727.